The highest BCUT2D eigenvalue weighted by Gasteiger charge is 2.45. The van der Waals surface area contributed by atoms with Crippen LogP contribution in [-0.2, 0) is 0 Å². The molecule has 0 radical (unpaired) electrons. The van der Waals surface area contributed by atoms with Crippen molar-refractivity contribution in [3.8, 4) is 17.2 Å². The van der Waals surface area contributed by atoms with Gasteiger partial charge in [0.25, 0.3) is 0 Å². The van der Waals surface area contributed by atoms with Gasteiger partial charge in [0.15, 0.2) is 0 Å². The molecule has 0 saturated carbocycles. The van der Waals surface area contributed by atoms with Gasteiger partial charge in [-0.2, -0.15) is 0 Å². The highest BCUT2D eigenvalue weighted by Crippen LogP contribution is 2.53. The van der Waals surface area contributed by atoms with Gasteiger partial charge in [-0.3, -0.25) is 4.90 Å². The van der Waals surface area contributed by atoms with Crippen molar-refractivity contribution in [2.24, 2.45) is 0 Å². The predicted molar refractivity (Wildman–Crippen MR) is 144 cm³/mol. The van der Waals surface area contributed by atoms with Gasteiger partial charge >= 0.3 is 0 Å². The molecule has 186 valence electrons. The monoisotopic (exact) mass is 493 g/mol. The molecule has 3 aromatic rings. The van der Waals surface area contributed by atoms with Crippen molar-refractivity contribution in [2.45, 2.75) is 44.1 Å². The van der Waals surface area contributed by atoms with Crippen LogP contribution in [0.2, 0.25) is 0 Å². The number of halogens is 1. The summed E-state index contributed by atoms with van der Waals surface area (Å²) in [5.74, 6) is 2.96. The Morgan fingerprint density at radius 2 is 1.57 bits per heavy atom. The number of fused-ring (bicyclic) bond motifs is 1. The van der Waals surface area contributed by atoms with Gasteiger partial charge in [0.1, 0.15) is 29.5 Å². The lowest BCUT2D eigenvalue weighted by molar-refractivity contribution is 0.0528. The van der Waals surface area contributed by atoms with Crippen LogP contribution in [0.3, 0.4) is 0 Å². The number of nitrogens with zero attached hydrogens (tertiary/aromatic N) is 1. The fourth-order valence-corrected chi connectivity index (χ4v) is 5.61. The van der Waals surface area contributed by atoms with Gasteiger partial charge in [-0.25, -0.2) is 0 Å². The number of hydrogen-bond donors (Lipinski definition) is 0. The number of likely N-dealkylation sites (tertiary alicyclic amines) is 1. The Hall–Kier alpha value is -2.69. The summed E-state index contributed by atoms with van der Waals surface area (Å²) in [6.07, 6.45) is 2.62. The number of hydrogen-bond acceptors (Lipinski definition) is 4. The lowest BCUT2D eigenvalue weighted by Gasteiger charge is -2.45. The van der Waals surface area contributed by atoms with Gasteiger partial charge in [0.05, 0.1) is 7.11 Å². The van der Waals surface area contributed by atoms with E-state index < -0.39 is 5.60 Å². The van der Waals surface area contributed by atoms with Crippen LogP contribution in [-0.4, -0.2) is 43.9 Å². The summed E-state index contributed by atoms with van der Waals surface area (Å²) in [6, 6.07) is 25.6. The average Bonchev–Trinajstić information content (AvgIpc) is 3.37. The maximum atomic E-state index is 6.60. The zero-order chi connectivity index (χ0) is 23.5. The fourth-order valence-electron chi connectivity index (χ4n) is 5.61. The van der Waals surface area contributed by atoms with Gasteiger partial charge in [0, 0.05) is 30.0 Å². The van der Waals surface area contributed by atoms with E-state index in [-0.39, 0.29) is 24.2 Å². The van der Waals surface area contributed by atoms with Crippen molar-refractivity contribution in [3.05, 3.63) is 89.5 Å². The van der Waals surface area contributed by atoms with Crippen LogP contribution in [0, 0.1) is 0 Å². The average molecular weight is 494 g/mol. The molecule has 1 saturated heterocycles. The molecule has 0 unspecified atom stereocenters. The Balaban J connectivity index is 0.00000289. The maximum absolute atomic E-state index is 6.60. The minimum atomic E-state index is -0.393. The molecule has 3 aromatic carbocycles. The van der Waals surface area contributed by atoms with E-state index >= 15 is 0 Å². The number of benzene rings is 3. The molecule has 0 amide bonds. The molecule has 0 aromatic heterocycles. The number of rotatable bonds is 7. The van der Waals surface area contributed by atoms with E-state index in [9.17, 15) is 0 Å². The zero-order valence-electron chi connectivity index (χ0n) is 20.9. The SMILES string of the molecule is COc1ccc2c(c1)OC(C)(C)[C@@H](c1ccccc1)[C@@H]2c1ccc(OCCN2CCCC2)cc1.Cl. The first-order valence-corrected chi connectivity index (χ1v) is 12.4. The van der Waals surface area contributed by atoms with E-state index in [0.29, 0.717) is 0 Å². The van der Waals surface area contributed by atoms with Crippen molar-refractivity contribution >= 4 is 12.4 Å². The van der Waals surface area contributed by atoms with Crippen molar-refractivity contribution in [1.82, 2.24) is 4.90 Å². The largest absolute Gasteiger partial charge is 0.497 e. The van der Waals surface area contributed by atoms with Crippen LogP contribution in [0.15, 0.2) is 72.8 Å². The van der Waals surface area contributed by atoms with Gasteiger partial charge in [0.2, 0.25) is 0 Å². The Morgan fingerprint density at radius 3 is 2.26 bits per heavy atom. The number of methoxy groups -OCH3 is 1. The maximum Gasteiger partial charge on any atom is 0.127 e. The molecular weight excluding hydrogens is 458 g/mol. The van der Waals surface area contributed by atoms with Crippen molar-refractivity contribution < 1.29 is 14.2 Å². The van der Waals surface area contributed by atoms with Crippen LogP contribution < -0.4 is 14.2 Å². The summed E-state index contributed by atoms with van der Waals surface area (Å²) in [5.41, 5.74) is 3.35. The van der Waals surface area contributed by atoms with Crippen LogP contribution in [0.1, 0.15) is 55.2 Å². The molecule has 4 nitrogen and oxygen atoms in total. The highest BCUT2D eigenvalue weighted by molar-refractivity contribution is 5.85. The van der Waals surface area contributed by atoms with Gasteiger partial charge in [-0.05, 0) is 69.1 Å². The summed E-state index contributed by atoms with van der Waals surface area (Å²) in [4.78, 5) is 2.48. The third kappa shape index (κ3) is 5.44. The Bertz CT molecular complexity index is 1090. The van der Waals surface area contributed by atoms with E-state index in [1.807, 2.05) is 12.1 Å². The van der Waals surface area contributed by atoms with Crippen LogP contribution in [0.4, 0.5) is 0 Å². The lowest BCUT2D eigenvalue weighted by Crippen LogP contribution is -2.43. The van der Waals surface area contributed by atoms with Crippen LogP contribution in [0.5, 0.6) is 17.2 Å². The first-order valence-electron chi connectivity index (χ1n) is 12.4. The summed E-state index contributed by atoms with van der Waals surface area (Å²) >= 11 is 0. The molecule has 2 aliphatic heterocycles. The molecule has 5 heteroatoms. The molecule has 2 aliphatic rings. The molecular formula is C30H36ClNO3. The van der Waals surface area contributed by atoms with Gasteiger partial charge < -0.3 is 14.2 Å². The van der Waals surface area contributed by atoms with Crippen molar-refractivity contribution in [2.75, 3.05) is 33.4 Å². The molecule has 1 fully saturated rings. The molecule has 0 aliphatic carbocycles. The summed E-state index contributed by atoms with van der Waals surface area (Å²) in [6.45, 7) is 8.52. The molecule has 2 atom stereocenters. The van der Waals surface area contributed by atoms with Crippen LogP contribution >= 0.6 is 12.4 Å². The smallest absolute Gasteiger partial charge is 0.127 e. The summed E-state index contributed by atoms with van der Waals surface area (Å²) in [7, 11) is 1.70. The molecule has 35 heavy (non-hydrogen) atoms. The minimum absolute atomic E-state index is 0. The Labute approximate surface area is 215 Å². The molecule has 0 N–H and O–H groups in total. The van der Waals surface area contributed by atoms with Crippen molar-refractivity contribution in [1.29, 1.82) is 0 Å². The van der Waals surface area contributed by atoms with Gasteiger partial charge in [-0.1, -0.05) is 48.5 Å². The van der Waals surface area contributed by atoms with Gasteiger partial charge in [-0.15, -0.1) is 12.4 Å². The summed E-state index contributed by atoms with van der Waals surface area (Å²) < 4.78 is 18.2. The first kappa shape index (κ1) is 25.4. The second-order valence-electron chi connectivity index (χ2n) is 9.94. The topological polar surface area (TPSA) is 30.9 Å². The Kier molecular flexibility index (Phi) is 7.93. The third-order valence-corrected chi connectivity index (χ3v) is 7.28. The number of ether oxygens (including phenoxy) is 3. The van der Waals surface area contributed by atoms with Crippen molar-refractivity contribution in [3.63, 3.8) is 0 Å². The van der Waals surface area contributed by atoms with E-state index in [4.69, 9.17) is 14.2 Å². The normalized spacial score (nSPS) is 20.9. The van der Waals surface area contributed by atoms with E-state index in [1.165, 1.54) is 42.6 Å². The molecule has 2 heterocycles. The Morgan fingerprint density at radius 1 is 0.886 bits per heavy atom. The van der Waals surface area contributed by atoms with E-state index in [1.54, 1.807) is 7.11 Å². The molecule has 0 spiro atoms. The highest BCUT2D eigenvalue weighted by atomic mass is 35.5. The third-order valence-electron chi connectivity index (χ3n) is 7.28. The molecule has 0 bridgehead atoms. The second-order valence-corrected chi connectivity index (χ2v) is 9.94. The minimum Gasteiger partial charge on any atom is -0.497 e. The second kappa shape index (κ2) is 10.9. The lowest BCUT2D eigenvalue weighted by atomic mass is 9.68. The standard InChI is InChI=1S/C30H35NO3.ClH/c1-30(2)29(23-9-5-4-6-10-23)28(26-16-15-25(32-3)21-27(26)34-30)22-11-13-24(14-12-22)33-20-19-31-17-7-8-18-31;/h4-6,9-16,21,28-29H,7-8,17-20H2,1-3H3;1H/t28-,29+;/m1./s1. The quantitative estimate of drug-likeness (QED) is 0.367. The molecule has 5 rings (SSSR count). The van der Waals surface area contributed by atoms with E-state index in [2.05, 4.69) is 79.4 Å². The first-order chi connectivity index (χ1) is 16.5. The predicted octanol–water partition coefficient (Wildman–Crippen LogP) is 6.68. The summed E-state index contributed by atoms with van der Waals surface area (Å²) in [5, 5.41) is 0. The fraction of sp³-hybridized carbons (Fsp3) is 0.400. The van der Waals surface area contributed by atoms with E-state index in [0.717, 1.165) is 30.4 Å². The zero-order valence-corrected chi connectivity index (χ0v) is 21.7. The van der Waals surface area contributed by atoms with Crippen LogP contribution in [0.25, 0.3) is 0 Å².